The van der Waals surface area contributed by atoms with Crippen molar-refractivity contribution in [1.82, 2.24) is 14.5 Å². The van der Waals surface area contributed by atoms with Crippen LogP contribution in [0, 0.1) is 5.92 Å². The summed E-state index contributed by atoms with van der Waals surface area (Å²) in [6.07, 6.45) is 1.42. The van der Waals surface area contributed by atoms with Gasteiger partial charge in [0.05, 0.1) is 19.8 Å². The van der Waals surface area contributed by atoms with E-state index in [1.165, 1.54) is 37.3 Å². The molecule has 1 heterocycles. The number of nitrogens with one attached hydrogen (secondary N) is 1. The van der Waals surface area contributed by atoms with Crippen LogP contribution < -0.4 is 9.46 Å². The Kier molecular flexibility index (Phi) is 7.25. The zero-order chi connectivity index (χ0) is 20.9. The SMILES string of the molecule is COC(=O)c1ccc(OC)c(S(=O)(=O)NCC2CCN(C(=O)N(C)C)CC2)c1. The van der Waals surface area contributed by atoms with Crippen LogP contribution in [0.3, 0.4) is 0 Å². The number of benzene rings is 1. The molecule has 1 saturated heterocycles. The summed E-state index contributed by atoms with van der Waals surface area (Å²) in [7, 11) is 2.13. The number of carbonyl (C=O) groups is 2. The molecule has 2 rings (SSSR count). The van der Waals surface area contributed by atoms with Crippen LogP contribution in [0.15, 0.2) is 23.1 Å². The summed E-state index contributed by atoms with van der Waals surface area (Å²) in [6, 6.07) is 4.07. The van der Waals surface area contributed by atoms with Crippen LogP contribution >= 0.6 is 0 Å². The van der Waals surface area contributed by atoms with E-state index in [2.05, 4.69) is 9.46 Å². The van der Waals surface area contributed by atoms with Gasteiger partial charge in [0.15, 0.2) is 0 Å². The molecule has 1 aliphatic rings. The highest BCUT2D eigenvalue weighted by Gasteiger charge is 2.27. The van der Waals surface area contributed by atoms with E-state index in [1.807, 2.05) is 0 Å². The van der Waals surface area contributed by atoms with Crippen molar-refractivity contribution in [1.29, 1.82) is 0 Å². The number of hydrogen-bond acceptors (Lipinski definition) is 6. The molecule has 0 saturated carbocycles. The van der Waals surface area contributed by atoms with E-state index >= 15 is 0 Å². The first kappa shape index (κ1) is 22.0. The highest BCUT2D eigenvalue weighted by atomic mass is 32.2. The Labute approximate surface area is 165 Å². The first-order valence-electron chi connectivity index (χ1n) is 8.92. The van der Waals surface area contributed by atoms with Gasteiger partial charge in [0, 0.05) is 33.7 Å². The van der Waals surface area contributed by atoms with E-state index in [9.17, 15) is 18.0 Å². The minimum atomic E-state index is -3.88. The lowest BCUT2D eigenvalue weighted by Crippen LogP contribution is -2.45. The lowest BCUT2D eigenvalue weighted by molar-refractivity contribution is 0.0600. The number of ether oxygens (including phenoxy) is 2. The molecule has 28 heavy (non-hydrogen) atoms. The normalized spacial score (nSPS) is 15.2. The Morgan fingerprint density at radius 2 is 1.86 bits per heavy atom. The van der Waals surface area contributed by atoms with Gasteiger partial charge in [-0.15, -0.1) is 0 Å². The molecule has 0 bridgehead atoms. The number of sulfonamides is 1. The molecule has 0 atom stereocenters. The molecule has 1 aromatic carbocycles. The van der Waals surface area contributed by atoms with Crippen LogP contribution in [0.2, 0.25) is 0 Å². The summed E-state index contributed by atoms with van der Waals surface area (Å²) in [5, 5.41) is 0. The second-order valence-corrected chi connectivity index (χ2v) is 8.55. The second kappa shape index (κ2) is 9.24. The Bertz CT molecular complexity index is 817. The quantitative estimate of drug-likeness (QED) is 0.702. The Hall–Kier alpha value is -2.33. The third-order valence-electron chi connectivity index (χ3n) is 4.70. The van der Waals surface area contributed by atoms with Crippen molar-refractivity contribution in [3.8, 4) is 5.75 Å². The molecular weight excluding hydrogens is 386 g/mol. The Balaban J connectivity index is 2.05. The second-order valence-electron chi connectivity index (χ2n) is 6.82. The number of likely N-dealkylation sites (tertiary alicyclic amines) is 1. The van der Waals surface area contributed by atoms with Crippen LogP contribution in [0.4, 0.5) is 4.79 Å². The third kappa shape index (κ3) is 5.14. The number of amides is 2. The maximum absolute atomic E-state index is 12.8. The fourth-order valence-electron chi connectivity index (χ4n) is 3.05. The fourth-order valence-corrected chi connectivity index (χ4v) is 4.36. The molecule has 1 aromatic rings. The minimum Gasteiger partial charge on any atom is -0.495 e. The van der Waals surface area contributed by atoms with Gasteiger partial charge in [-0.3, -0.25) is 0 Å². The lowest BCUT2D eigenvalue weighted by atomic mass is 9.97. The van der Waals surface area contributed by atoms with Crippen molar-refractivity contribution in [2.24, 2.45) is 5.92 Å². The van der Waals surface area contributed by atoms with E-state index in [1.54, 1.807) is 19.0 Å². The zero-order valence-electron chi connectivity index (χ0n) is 16.6. The van der Waals surface area contributed by atoms with Gasteiger partial charge in [0.25, 0.3) is 0 Å². The molecule has 156 valence electrons. The molecule has 0 spiro atoms. The summed E-state index contributed by atoms with van der Waals surface area (Å²) in [5.41, 5.74) is 0.124. The number of piperidine rings is 1. The van der Waals surface area contributed by atoms with Gasteiger partial charge in [0.1, 0.15) is 10.6 Å². The smallest absolute Gasteiger partial charge is 0.337 e. The number of methoxy groups -OCH3 is 2. The fraction of sp³-hybridized carbons (Fsp3) is 0.556. The van der Waals surface area contributed by atoms with Crippen LogP contribution in [0.1, 0.15) is 23.2 Å². The maximum Gasteiger partial charge on any atom is 0.337 e. The van der Waals surface area contributed by atoms with Gasteiger partial charge in [-0.05, 0) is 37.0 Å². The Morgan fingerprint density at radius 1 is 1.21 bits per heavy atom. The van der Waals surface area contributed by atoms with Crippen LogP contribution in [0.5, 0.6) is 5.75 Å². The van der Waals surface area contributed by atoms with Gasteiger partial charge in [-0.2, -0.15) is 0 Å². The molecule has 10 heteroatoms. The molecule has 9 nitrogen and oxygen atoms in total. The highest BCUT2D eigenvalue weighted by molar-refractivity contribution is 7.89. The van der Waals surface area contributed by atoms with Crippen molar-refractivity contribution < 1.29 is 27.5 Å². The van der Waals surface area contributed by atoms with Gasteiger partial charge < -0.3 is 19.3 Å². The van der Waals surface area contributed by atoms with E-state index < -0.39 is 16.0 Å². The van der Waals surface area contributed by atoms with E-state index in [-0.39, 0.29) is 34.7 Å². The van der Waals surface area contributed by atoms with Crippen LogP contribution in [-0.2, 0) is 14.8 Å². The maximum atomic E-state index is 12.8. The molecule has 0 radical (unpaired) electrons. The van der Waals surface area contributed by atoms with Crippen LogP contribution in [0.25, 0.3) is 0 Å². The summed E-state index contributed by atoms with van der Waals surface area (Å²) in [4.78, 5) is 26.9. The highest BCUT2D eigenvalue weighted by Crippen LogP contribution is 2.26. The molecule has 2 amide bonds. The zero-order valence-corrected chi connectivity index (χ0v) is 17.4. The summed E-state index contributed by atoms with van der Waals surface area (Å²) < 4.78 is 37.9. The topological polar surface area (TPSA) is 105 Å². The van der Waals surface area contributed by atoms with Gasteiger partial charge in [0.2, 0.25) is 10.0 Å². The number of nitrogens with zero attached hydrogens (tertiary/aromatic N) is 2. The Morgan fingerprint density at radius 3 is 2.39 bits per heavy atom. The van der Waals surface area contributed by atoms with Gasteiger partial charge in [-0.25, -0.2) is 22.7 Å². The predicted molar refractivity (Wildman–Crippen MR) is 103 cm³/mol. The lowest BCUT2D eigenvalue weighted by Gasteiger charge is -2.33. The standard InChI is InChI=1S/C18H27N3O6S/c1-20(2)18(23)21-9-7-13(8-10-21)12-19-28(24,25)16-11-14(17(22)27-4)5-6-15(16)26-3/h5-6,11,13,19H,7-10,12H2,1-4H3. The summed E-state index contributed by atoms with van der Waals surface area (Å²) in [5.74, 6) is -0.362. The van der Waals surface area contributed by atoms with Crippen molar-refractivity contribution in [3.05, 3.63) is 23.8 Å². The van der Waals surface area contributed by atoms with Crippen LogP contribution in [-0.4, -0.2) is 78.2 Å². The number of rotatable bonds is 6. The first-order valence-corrected chi connectivity index (χ1v) is 10.4. The van der Waals surface area contributed by atoms with Gasteiger partial charge >= 0.3 is 12.0 Å². The third-order valence-corrected chi connectivity index (χ3v) is 6.15. The summed E-state index contributed by atoms with van der Waals surface area (Å²) in [6.45, 7) is 1.42. The molecule has 1 fully saturated rings. The number of hydrogen-bond donors (Lipinski definition) is 1. The number of carbonyl (C=O) groups excluding carboxylic acids is 2. The molecule has 0 aliphatic carbocycles. The largest absolute Gasteiger partial charge is 0.495 e. The average molecular weight is 413 g/mol. The van der Waals surface area contributed by atoms with E-state index in [4.69, 9.17) is 4.74 Å². The predicted octanol–water partition coefficient (Wildman–Crippen LogP) is 1.15. The number of urea groups is 1. The molecule has 1 N–H and O–H groups in total. The van der Waals surface area contributed by atoms with Crippen molar-refractivity contribution >= 4 is 22.0 Å². The van der Waals surface area contributed by atoms with Crippen molar-refractivity contribution in [3.63, 3.8) is 0 Å². The molecule has 0 unspecified atom stereocenters. The van der Waals surface area contributed by atoms with Crippen molar-refractivity contribution in [2.75, 3.05) is 47.9 Å². The number of esters is 1. The van der Waals surface area contributed by atoms with Gasteiger partial charge in [-0.1, -0.05) is 0 Å². The minimum absolute atomic E-state index is 0.0385. The average Bonchev–Trinajstić information content (AvgIpc) is 2.70. The molecule has 0 aromatic heterocycles. The summed E-state index contributed by atoms with van der Waals surface area (Å²) >= 11 is 0. The molecule has 1 aliphatic heterocycles. The first-order chi connectivity index (χ1) is 13.2. The van der Waals surface area contributed by atoms with E-state index in [0.717, 1.165) is 0 Å². The molecular formula is C18H27N3O6S. The van der Waals surface area contributed by atoms with E-state index in [0.29, 0.717) is 25.9 Å². The van der Waals surface area contributed by atoms with Crippen molar-refractivity contribution in [2.45, 2.75) is 17.7 Å². The monoisotopic (exact) mass is 413 g/mol.